The van der Waals surface area contributed by atoms with E-state index in [0.29, 0.717) is 36.5 Å². The van der Waals surface area contributed by atoms with Gasteiger partial charge in [-0.25, -0.2) is 8.42 Å². The predicted octanol–water partition coefficient (Wildman–Crippen LogP) is 4.07. The van der Waals surface area contributed by atoms with Crippen LogP contribution in [0.15, 0.2) is 23.1 Å². The quantitative estimate of drug-likeness (QED) is 0.741. The van der Waals surface area contributed by atoms with Crippen LogP contribution in [0.3, 0.4) is 0 Å². The van der Waals surface area contributed by atoms with Crippen molar-refractivity contribution in [1.29, 1.82) is 0 Å². The first-order valence-electron chi connectivity index (χ1n) is 10.7. The molecule has 0 unspecified atom stereocenters. The third kappa shape index (κ3) is 3.86. The lowest BCUT2D eigenvalue weighted by Crippen LogP contribution is -2.52. The molecule has 2 aliphatic rings. The molecule has 0 radical (unpaired) electrons. The van der Waals surface area contributed by atoms with Crippen LogP contribution in [-0.4, -0.2) is 49.2 Å². The molecule has 1 amide bonds. The van der Waals surface area contributed by atoms with Crippen LogP contribution < -0.4 is 0 Å². The van der Waals surface area contributed by atoms with Gasteiger partial charge in [-0.1, -0.05) is 39.7 Å². The number of hydrogen-bond donors (Lipinski definition) is 0. The summed E-state index contributed by atoms with van der Waals surface area (Å²) in [6, 6.07) is 5.30. The number of rotatable bonds is 5. The first kappa shape index (κ1) is 21.3. The lowest BCUT2D eigenvalue weighted by molar-refractivity contribution is 0.0217. The van der Waals surface area contributed by atoms with Crippen molar-refractivity contribution in [2.24, 2.45) is 11.8 Å². The molecule has 1 aromatic rings. The highest BCUT2D eigenvalue weighted by atomic mass is 32.2. The fourth-order valence-corrected chi connectivity index (χ4v) is 6.51. The zero-order chi connectivity index (χ0) is 20.5. The van der Waals surface area contributed by atoms with Crippen molar-refractivity contribution in [2.45, 2.75) is 70.7 Å². The van der Waals surface area contributed by atoms with Crippen molar-refractivity contribution in [1.82, 2.24) is 9.21 Å². The van der Waals surface area contributed by atoms with Gasteiger partial charge in [-0.05, 0) is 55.7 Å². The number of benzene rings is 1. The summed E-state index contributed by atoms with van der Waals surface area (Å²) >= 11 is 0. The van der Waals surface area contributed by atoms with Crippen LogP contribution in [0.2, 0.25) is 0 Å². The molecule has 1 saturated heterocycles. The molecule has 1 saturated carbocycles. The number of hydrogen-bond acceptors (Lipinski definition) is 3. The molecular weight excluding hydrogens is 372 g/mol. The fourth-order valence-electron chi connectivity index (χ4n) is 5.02. The zero-order valence-electron chi connectivity index (χ0n) is 17.6. The van der Waals surface area contributed by atoms with Crippen molar-refractivity contribution in [2.75, 3.05) is 19.6 Å². The van der Waals surface area contributed by atoms with E-state index in [9.17, 15) is 13.2 Å². The Balaban J connectivity index is 1.94. The minimum Gasteiger partial charge on any atom is -0.335 e. The Hall–Kier alpha value is -1.40. The Morgan fingerprint density at radius 1 is 1.14 bits per heavy atom. The van der Waals surface area contributed by atoms with E-state index in [4.69, 9.17) is 0 Å². The number of sulfonamides is 1. The smallest absolute Gasteiger partial charge is 0.254 e. The van der Waals surface area contributed by atoms with Crippen LogP contribution in [-0.2, 0) is 10.0 Å². The van der Waals surface area contributed by atoms with Gasteiger partial charge >= 0.3 is 0 Å². The Morgan fingerprint density at radius 3 is 2.50 bits per heavy atom. The highest BCUT2D eigenvalue weighted by molar-refractivity contribution is 7.89. The topological polar surface area (TPSA) is 57.7 Å². The van der Waals surface area contributed by atoms with Gasteiger partial charge in [-0.3, -0.25) is 4.79 Å². The van der Waals surface area contributed by atoms with Gasteiger partial charge in [0.25, 0.3) is 5.91 Å². The maximum atomic E-state index is 13.5. The average molecular weight is 407 g/mol. The minimum atomic E-state index is -3.57. The molecule has 0 N–H and O–H groups in total. The first-order valence-corrected chi connectivity index (χ1v) is 12.2. The summed E-state index contributed by atoms with van der Waals surface area (Å²) in [6.45, 7) is 9.49. The maximum Gasteiger partial charge on any atom is 0.254 e. The molecule has 0 bridgehead atoms. The standard InChI is InChI=1S/C22H34N2O3S/c1-5-23(6-2)28(26,27)18-12-11-16(3)20(15-18)22(25)24-14-13-17(4)19-9-7-8-10-21(19)24/h11-12,15,17,19,21H,5-10,13-14H2,1-4H3/t17-,19+,21-/m0/s1. The Labute approximate surface area is 170 Å². The second-order valence-corrected chi connectivity index (χ2v) is 10.3. The van der Waals surface area contributed by atoms with Crippen molar-refractivity contribution in [3.8, 4) is 0 Å². The molecule has 0 aromatic heterocycles. The van der Waals surface area contributed by atoms with E-state index >= 15 is 0 Å². The summed E-state index contributed by atoms with van der Waals surface area (Å²) < 4.78 is 27.3. The van der Waals surface area contributed by atoms with E-state index in [1.54, 1.807) is 18.2 Å². The van der Waals surface area contributed by atoms with Crippen LogP contribution >= 0.6 is 0 Å². The van der Waals surface area contributed by atoms with Gasteiger partial charge in [0.2, 0.25) is 10.0 Å². The summed E-state index contributed by atoms with van der Waals surface area (Å²) in [4.78, 5) is 15.7. The van der Waals surface area contributed by atoms with E-state index in [2.05, 4.69) is 6.92 Å². The third-order valence-electron chi connectivity index (χ3n) is 6.78. The Kier molecular flexibility index (Phi) is 6.50. The molecular formula is C22H34N2O3S. The van der Waals surface area contributed by atoms with Crippen molar-refractivity contribution in [3.05, 3.63) is 29.3 Å². The van der Waals surface area contributed by atoms with Gasteiger partial charge in [0.05, 0.1) is 4.90 Å². The number of carbonyl (C=O) groups is 1. The lowest BCUT2D eigenvalue weighted by atomic mass is 9.72. The van der Waals surface area contributed by atoms with E-state index < -0.39 is 10.0 Å². The number of nitrogens with zero attached hydrogens (tertiary/aromatic N) is 2. The van der Waals surface area contributed by atoms with Gasteiger partial charge in [-0.2, -0.15) is 4.31 Å². The molecule has 0 spiro atoms. The van der Waals surface area contributed by atoms with Crippen LogP contribution in [0, 0.1) is 18.8 Å². The van der Waals surface area contributed by atoms with Gasteiger partial charge in [-0.15, -0.1) is 0 Å². The van der Waals surface area contributed by atoms with Crippen LogP contribution in [0.25, 0.3) is 0 Å². The highest BCUT2D eigenvalue weighted by Crippen LogP contribution is 2.39. The molecule has 1 aliphatic heterocycles. The number of carbonyl (C=O) groups excluding carboxylic acids is 1. The Morgan fingerprint density at radius 2 is 1.82 bits per heavy atom. The minimum absolute atomic E-state index is 0.00195. The van der Waals surface area contributed by atoms with E-state index in [-0.39, 0.29) is 10.8 Å². The monoisotopic (exact) mass is 406 g/mol. The zero-order valence-corrected chi connectivity index (χ0v) is 18.5. The van der Waals surface area contributed by atoms with Gasteiger partial charge in [0.15, 0.2) is 0 Å². The second kappa shape index (κ2) is 8.54. The predicted molar refractivity (Wildman–Crippen MR) is 112 cm³/mol. The van der Waals surface area contributed by atoms with Crippen LogP contribution in [0.1, 0.15) is 68.8 Å². The summed E-state index contributed by atoms with van der Waals surface area (Å²) in [5.41, 5.74) is 1.38. The molecule has 2 fully saturated rings. The molecule has 5 nitrogen and oxygen atoms in total. The van der Waals surface area contributed by atoms with E-state index in [1.807, 2.05) is 25.7 Å². The number of amides is 1. The SMILES string of the molecule is CCN(CC)S(=O)(=O)c1ccc(C)c(C(=O)N2CC[C@H](C)[C@H]3CCCC[C@@H]32)c1. The molecule has 3 atom stereocenters. The molecule has 156 valence electrons. The first-order chi connectivity index (χ1) is 13.3. The van der Waals surface area contributed by atoms with Crippen molar-refractivity contribution in [3.63, 3.8) is 0 Å². The average Bonchev–Trinajstić information content (AvgIpc) is 2.69. The molecule has 28 heavy (non-hydrogen) atoms. The summed E-state index contributed by atoms with van der Waals surface area (Å²) in [6.07, 6.45) is 5.72. The normalized spacial score (nSPS) is 25.6. The lowest BCUT2D eigenvalue weighted by Gasteiger charge is -2.47. The maximum absolute atomic E-state index is 13.5. The van der Waals surface area contributed by atoms with E-state index in [0.717, 1.165) is 24.9 Å². The molecule has 1 heterocycles. The number of fused-ring (bicyclic) bond motifs is 1. The largest absolute Gasteiger partial charge is 0.335 e. The van der Waals surface area contributed by atoms with Crippen molar-refractivity contribution < 1.29 is 13.2 Å². The van der Waals surface area contributed by atoms with E-state index in [1.165, 1.54) is 23.6 Å². The van der Waals surface area contributed by atoms with Crippen LogP contribution in [0.5, 0.6) is 0 Å². The third-order valence-corrected chi connectivity index (χ3v) is 8.83. The number of likely N-dealkylation sites (tertiary alicyclic amines) is 1. The second-order valence-electron chi connectivity index (χ2n) is 8.35. The van der Waals surface area contributed by atoms with Gasteiger partial charge in [0.1, 0.15) is 0 Å². The molecule has 6 heteroatoms. The summed E-state index contributed by atoms with van der Waals surface area (Å²) in [5, 5.41) is 0. The number of piperidine rings is 1. The molecule has 1 aromatic carbocycles. The Bertz CT molecular complexity index is 817. The van der Waals surface area contributed by atoms with Gasteiger partial charge < -0.3 is 4.90 Å². The summed E-state index contributed by atoms with van der Waals surface area (Å²) in [5.74, 6) is 1.23. The van der Waals surface area contributed by atoms with Gasteiger partial charge in [0, 0.05) is 31.2 Å². The number of aryl methyl sites for hydroxylation is 1. The summed E-state index contributed by atoms with van der Waals surface area (Å²) in [7, 11) is -3.57. The molecule has 1 aliphatic carbocycles. The van der Waals surface area contributed by atoms with Crippen LogP contribution in [0.4, 0.5) is 0 Å². The fraction of sp³-hybridized carbons (Fsp3) is 0.682. The highest BCUT2D eigenvalue weighted by Gasteiger charge is 2.40. The molecule has 3 rings (SSSR count). The van der Waals surface area contributed by atoms with Crippen molar-refractivity contribution >= 4 is 15.9 Å².